The number of hydrogen-bond donors (Lipinski definition) is 1. The van der Waals surface area contributed by atoms with Gasteiger partial charge in [-0.3, -0.25) is 4.90 Å². The van der Waals surface area contributed by atoms with Crippen LogP contribution in [0.15, 0.2) is 24.3 Å². The van der Waals surface area contributed by atoms with E-state index in [2.05, 4.69) is 4.90 Å². The van der Waals surface area contributed by atoms with Gasteiger partial charge in [0.05, 0.1) is 19.3 Å². The number of para-hydroxylation sites is 1. The first-order chi connectivity index (χ1) is 10.2. The third-order valence-electron chi connectivity index (χ3n) is 4.56. The molecule has 2 fully saturated rings. The molecular weight excluding hydrogens is 266 g/mol. The van der Waals surface area contributed by atoms with Crippen LogP contribution in [0.2, 0.25) is 0 Å². The van der Waals surface area contributed by atoms with E-state index in [-0.39, 0.29) is 0 Å². The second-order valence-electron chi connectivity index (χ2n) is 6.04. The molecule has 0 spiro atoms. The van der Waals surface area contributed by atoms with Gasteiger partial charge < -0.3 is 14.6 Å². The lowest BCUT2D eigenvalue weighted by atomic mass is 9.86. The van der Waals surface area contributed by atoms with Gasteiger partial charge in [0.2, 0.25) is 0 Å². The molecule has 21 heavy (non-hydrogen) atoms. The van der Waals surface area contributed by atoms with Gasteiger partial charge in [0.1, 0.15) is 11.4 Å². The van der Waals surface area contributed by atoms with Gasteiger partial charge in [0.25, 0.3) is 0 Å². The Labute approximate surface area is 126 Å². The molecule has 1 saturated carbocycles. The number of benzene rings is 1. The second kappa shape index (κ2) is 5.95. The summed E-state index contributed by atoms with van der Waals surface area (Å²) in [7, 11) is 0. The van der Waals surface area contributed by atoms with E-state index in [1.54, 1.807) is 0 Å². The van der Waals surface area contributed by atoms with Crippen LogP contribution in [0.4, 0.5) is 0 Å². The summed E-state index contributed by atoms with van der Waals surface area (Å²) < 4.78 is 11.9. The maximum Gasteiger partial charge on any atom is 0.135 e. The van der Waals surface area contributed by atoms with Crippen LogP contribution in [0.25, 0.3) is 0 Å². The Bertz CT molecular complexity index is 487. The number of hydrogen-bond acceptors (Lipinski definition) is 4. The highest BCUT2D eigenvalue weighted by Gasteiger charge is 2.47. The van der Waals surface area contributed by atoms with Gasteiger partial charge in [-0.2, -0.15) is 0 Å². The van der Waals surface area contributed by atoms with Gasteiger partial charge >= 0.3 is 0 Å². The summed E-state index contributed by atoms with van der Waals surface area (Å²) in [5.74, 6) is 0.818. The summed E-state index contributed by atoms with van der Waals surface area (Å²) in [6, 6.07) is 8.61. The average molecular weight is 291 g/mol. The maximum absolute atomic E-state index is 10.5. The zero-order valence-electron chi connectivity index (χ0n) is 12.9. The summed E-state index contributed by atoms with van der Waals surface area (Å²) in [6.45, 7) is 6.75. The number of ether oxygens (including phenoxy) is 2. The minimum absolute atomic E-state index is 0.583. The minimum atomic E-state index is -0.688. The highest BCUT2D eigenvalue weighted by Crippen LogP contribution is 2.41. The summed E-state index contributed by atoms with van der Waals surface area (Å²) in [5, 5.41) is 10.5. The van der Waals surface area contributed by atoms with Crippen molar-refractivity contribution in [1.82, 2.24) is 4.90 Å². The molecule has 0 amide bonds. The Hall–Kier alpha value is -1.10. The molecule has 1 aromatic rings. The fourth-order valence-corrected chi connectivity index (χ4v) is 3.26. The molecule has 1 aromatic carbocycles. The van der Waals surface area contributed by atoms with Gasteiger partial charge in [0.15, 0.2) is 0 Å². The molecule has 0 radical (unpaired) electrons. The molecule has 1 aliphatic heterocycles. The van der Waals surface area contributed by atoms with Crippen LogP contribution < -0.4 is 4.74 Å². The standard InChI is InChI=1S/C17H25NO3/c1-3-20-16-7-5-4-6-15(16)17(13(2)19)12-18(10-11-21-17)14-8-9-14/h4-7,13-14,19H,3,8-12H2,1-2H3. The lowest BCUT2D eigenvalue weighted by molar-refractivity contribution is -0.171. The Balaban J connectivity index is 1.96. The molecular formula is C17H25NO3. The van der Waals surface area contributed by atoms with Crippen LogP contribution in [0.5, 0.6) is 5.75 Å². The van der Waals surface area contributed by atoms with Crippen LogP contribution in [0, 0.1) is 0 Å². The first-order valence-electron chi connectivity index (χ1n) is 7.95. The van der Waals surface area contributed by atoms with E-state index in [9.17, 15) is 5.11 Å². The normalized spacial score (nSPS) is 28.3. The zero-order valence-corrected chi connectivity index (χ0v) is 12.9. The monoisotopic (exact) mass is 291 g/mol. The topological polar surface area (TPSA) is 41.9 Å². The molecule has 0 aromatic heterocycles. The van der Waals surface area contributed by atoms with Crippen molar-refractivity contribution in [2.45, 2.75) is 44.4 Å². The predicted octanol–water partition coefficient (Wildman–Crippen LogP) is 2.16. The van der Waals surface area contributed by atoms with Crippen molar-refractivity contribution in [1.29, 1.82) is 0 Å². The Kier molecular flexibility index (Phi) is 4.20. The average Bonchev–Trinajstić information content (AvgIpc) is 3.33. The molecule has 2 unspecified atom stereocenters. The summed E-state index contributed by atoms with van der Waals surface area (Å²) in [6.07, 6.45) is 1.95. The highest BCUT2D eigenvalue weighted by molar-refractivity contribution is 5.40. The smallest absolute Gasteiger partial charge is 0.135 e. The van der Waals surface area contributed by atoms with E-state index < -0.39 is 11.7 Å². The van der Waals surface area contributed by atoms with Crippen LogP contribution in [0.1, 0.15) is 32.3 Å². The molecule has 2 atom stereocenters. The molecule has 1 N–H and O–H groups in total. The summed E-state index contributed by atoms with van der Waals surface area (Å²) in [4.78, 5) is 2.46. The molecule has 3 rings (SSSR count). The van der Waals surface area contributed by atoms with Gasteiger partial charge in [0, 0.05) is 24.7 Å². The van der Waals surface area contributed by atoms with E-state index >= 15 is 0 Å². The zero-order chi connectivity index (χ0) is 14.9. The summed E-state index contributed by atoms with van der Waals surface area (Å²) in [5.41, 5.74) is 0.277. The lowest BCUT2D eigenvalue weighted by Gasteiger charge is -2.45. The first kappa shape index (κ1) is 14.8. The second-order valence-corrected chi connectivity index (χ2v) is 6.04. The number of rotatable bonds is 5. The lowest BCUT2D eigenvalue weighted by Crippen LogP contribution is -2.55. The van der Waals surface area contributed by atoms with Crippen molar-refractivity contribution in [2.24, 2.45) is 0 Å². The van der Waals surface area contributed by atoms with E-state index in [1.165, 1.54) is 12.8 Å². The van der Waals surface area contributed by atoms with Crippen LogP contribution in [0.3, 0.4) is 0 Å². The quantitative estimate of drug-likeness (QED) is 0.902. The highest BCUT2D eigenvalue weighted by atomic mass is 16.5. The Morgan fingerprint density at radius 3 is 2.86 bits per heavy atom. The minimum Gasteiger partial charge on any atom is -0.493 e. The van der Waals surface area contributed by atoms with Crippen molar-refractivity contribution >= 4 is 0 Å². The van der Waals surface area contributed by atoms with Crippen molar-refractivity contribution in [3.63, 3.8) is 0 Å². The van der Waals surface area contributed by atoms with Crippen LogP contribution >= 0.6 is 0 Å². The molecule has 4 nitrogen and oxygen atoms in total. The number of nitrogens with zero attached hydrogens (tertiary/aromatic N) is 1. The molecule has 0 bridgehead atoms. The van der Waals surface area contributed by atoms with Crippen molar-refractivity contribution < 1.29 is 14.6 Å². The van der Waals surface area contributed by atoms with Gasteiger partial charge in [-0.25, -0.2) is 0 Å². The Morgan fingerprint density at radius 2 is 2.19 bits per heavy atom. The Morgan fingerprint density at radius 1 is 1.43 bits per heavy atom. The first-order valence-corrected chi connectivity index (χ1v) is 7.95. The number of aliphatic hydroxyl groups is 1. The van der Waals surface area contributed by atoms with Crippen molar-refractivity contribution in [3.05, 3.63) is 29.8 Å². The number of aliphatic hydroxyl groups excluding tert-OH is 1. The van der Waals surface area contributed by atoms with E-state index in [1.807, 2.05) is 38.1 Å². The molecule has 4 heteroatoms. The van der Waals surface area contributed by atoms with E-state index in [0.29, 0.717) is 19.3 Å². The third kappa shape index (κ3) is 2.80. The molecule has 1 heterocycles. The van der Waals surface area contributed by atoms with Gasteiger partial charge in [-0.1, -0.05) is 18.2 Å². The largest absolute Gasteiger partial charge is 0.493 e. The maximum atomic E-state index is 10.5. The third-order valence-corrected chi connectivity index (χ3v) is 4.56. The fraction of sp³-hybridized carbons (Fsp3) is 0.647. The molecule has 116 valence electrons. The van der Waals surface area contributed by atoms with E-state index in [0.717, 1.165) is 24.4 Å². The molecule has 1 saturated heterocycles. The van der Waals surface area contributed by atoms with Gasteiger partial charge in [-0.15, -0.1) is 0 Å². The summed E-state index contributed by atoms with van der Waals surface area (Å²) >= 11 is 0. The predicted molar refractivity (Wildman–Crippen MR) is 81.5 cm³/mol. The molecule has 1 aliphatic carbocycles. The molecule has 2 aliphatic rings. The van der Waals surface area contributed by atoms with Crippen molar-refractivity contribution in [2.75, 3.05) is 26.3 Å². The SMILES string of the molecule is CCOc1ccccc1C1(C(C)O)CN(C2CC2)CCO1. The fourth-order valence-electron chi connectivity index (χ4n) is 3.26. The van der Waals surface area contributed by atoms with Crippen molar-refractivity contribution in [3.8, 4) is 5.75 Å². The van der Waals surface area contributed by atoms with Crippen LogP contribution in [-0.4, -0.2) is 48.5 Å². The van der Waals surface area contributed by atoms with E-state index in [4.69, 9.17) is 9.47 Å². The number of morpholine rings is 1. The van der Waals surface area contributed by atoms with Gasteiger partial charge in [-0.05, 0) is 32.8 Å². The van der Waals surface area contributed by atoms with Crippen LogP contribution in [-0.2, 0) is 10.3 Å².